The van der Waals surface area contributed by atoms with Gasteiger partial charge in [0, 0.05) is 24.6 Å². The second kappa shape index (κ2) is 7.97. The van der Waals surface area contributed by atoms with Gasteiger partial charge in [0.2, 0.25) is 0 Å². The fourth-order valence-corrected chi connectivity index (χ4v) is 9.27. The highest BCUT2D eigenvalue weighted by molar-refractivity contribution is 7.81. The molecule has 190 valence electrons. The number of hydrogen-bond acceptors (Lipinski definition) is 3. The summed E-state index contributed by atoms with van der Waals surface area (Å²) in [5.74, 6) is 2.00. The van der Waals surface area contributed by atoms with Crippen LogP contribution in [0.4, 0.5) is 34.1 Å². The summed E-state index contributed by atoms with van der Waals surface area (Å²) in [6.07, 6.45) is 0. The maximum atomic E-state index is 6.80. The Hall–Kier alpha value is -4.07. The van der Waals surface area contributed by atoms with Gasteiger partial charge in [-0.25, -0.2) is 0 Å². The molecule has 0 radical (unpaired) electrons. The number of hydrogen-bond donors (Lipinski definition) is 0. The molecule has 0 spiro atoms. The van der Waals surface area contributed by atoms with E-state index in [1.165, 1.54) is 77.9 Å². The van der Waals surface area contributed by atoms with Crippen LogP contribution >= 0.6 is 7.92 Å². The molecular weight excluding hydrogens is 495 g/mol. The molecule has 8 rings (SSSR count). The molecule has 5 aromatic rings. The van der Waals surface area contributed by atoms with Crippen LogP contribution in [0.25, 0.3) is 0 Å². The summed E-state index contributed by atoms with van der Waals surface area (Å²) >= 11 is 0. The van der Waals surface area contributed by atoms with Crippen molar-refractivity contribution in [3.63, 3.8) is 0 Å². The lowest BCUT2D eigenvalue weighted by Gasteiger charge is -2.47. The summed E-state index contributed by atoms with van der Waals surface area (Å²) in [6, 6.07) is 31.8. The van der Waals surface area contributed by atoms with Crippen LogP contribution in [0.2, 0.25) is 0 Å². The van der Waals surface area contributed by atoms with Gasteiger partial charge < -0.3 is 14.5 Å². The average molecular weight is 525 g/mol. The first kappa shape index (κ1) is 22.9. The Bertz CT molecular complexity index is 1710. The van der Waals surface area contributed by atoms with E-state index >= 15 is 0 Å². The molecule has 0 atom stereocenters. The first-order valence-corrected chi connectivity index (χ1v) is 14.9. The molecule has 0 amide bonds. The summed E-state index contributed by atoms with van der Waals surface area (Å²) in [6.45, 7) is 10.9. The van der Waals surface area contributed by atoms with Crippen molar-refractivity contribution >= 4 is 58.0 Å². The molecule has 39 heavy (non-hydrogen) atoms. The molecule has 0 N–H and O–H groups in total. The molecule has 0 saturated heterocycles. The molecule has 3 nitrogen and oxygen atoms in total. The molecule has 0 aliphatic carbocycles. The van der Waals surface area contributed by atoms with Crippen LogP contribution in [-0.4, -0.2) is 0 Å². The van der Waals surface area contributed by atoms with Gasteiger partial charge in [-0.15, -0.1) is 0 Å². The highest BCUT2D eigenvalue weighted by Crippen LogP contribution is 2.62. The molecule has 3 aliphatic rings. The van der Waals surface area contributed by atoms with Gasteiger partial charge in [-0.1, -0.05) is 35.4 Å². The van der Waals surface area contributed by atoms with Gasteiger partial charge in [-0.3, -0.25) is 0 Å². The lowest BCUT2D eigenvalue weighted by Crippen LogP contribution is -2.43. The summed E-state index contributed by atoms with van der Waals surface area (Å²) in [5, 5.41) is 4.07. The molecule has 3 aliphatic heterocycles. The first-order valence-electron chi connectivity index (χ1n) is 13.5. The molecule has 3 heterocycles. The van der Waals surface area contributed by atoms with Crippen molar-refractivity contribution in [3.8, 4) is 11.5 Å². The van der Waals surface area contributed by atoms with Crippen LogP contribution < -0.4 is 30.5 Å². The van der Waals surface area contributed by atoms with E-state index < -0.39 is 7.92 Å². The number of ether oxygens (including phenoxy) is 1. The Morgan fingerprint density at radius 1 is 0.436 bits per heavy atom. The number of benzene rings is 5. The Kier molecular flexibility index (Phi) is 4.68. The maximum Gasteiger partial charge on any atom is 0.138 e. The maximum absolute atomic E-state index is 6.80. The lowest BCUT2D eigenvalue weighted by molar-refractivity contribution is 0.488. The highest BCUT2D eigenvalue weighted by Gasteiger charge is 2.46. The molecular formula is C35H29N2OP. The minimum absolute atomic E-state index is 0.796. The standard InChI is InChI=1S/C35H29N2OP/c1-20-6-10-25(11-7-20)36-27-14-22(3)15-28-33(27)39-34-29(36)16-23(4)18-31(34)38-32-19-24(5)17-30(35(32)39)37(28)26-12-8-21(2)9-13-26/h6-19H,1-5H3. The Morgan fingerprint density at radius 2 is 0.795 bits per heavy atom. The van der Waals surface area contributed by atoms with Crippen molar-refractivity contribution in [2.75, 3.05) is 9.80 Å². The van der Waals surface area contributed by atoms with Crippen molar-refractivity contribution in [2.24, 2.45) is 0 Å². The van der Waals surface area contributed by atoms with E-state index in [0.29, 0.717) is 0 Å². The van der Waals surface area contributed by atoms with Gasteiger partial charge in [0.1, 0.15) is 11.5 Å². The van der Waals surface area contributed by atoms with Crippen molar-refractivity contribution in [2.45, 2.75) is 34.6 Å². The predicted molar refractivity (Wildman–Crippen MR) is 165 cm³/mol. The van der Waals surface area contributed by atoms with E-state index in [0.717, 1.165) is 11.5 Å². The van der Waals surface area contributed by atoms with Crippen molar-refractivity contribution in [3.05, 3.63) is 113 Å². The van der Waals surface area contributed by atoms with Crippen LogP contribution in [0.5, 0.6) is 11.5 Å². The second-order valence-electron chi connectivity index (χ2n) is 11.2. The number of anilines is 6. The van der Waals surface area contributed by atoms with Crippen LogP contribution in [0.1, 0.15) is 27.8 Å². The monoisotopic (exact) mass is 524 g/mol. The SMILES string of the molecule is Cc1ccc(N2c3cc(C)cc4c3P3c5c(cc(C)cc5N(c5ccc(C)cc5)c5cc(C)cc2c53)O4)cc1. The lowest BCUT2D eigenvalue weighted by atomic mass is 10.0. The second-order valence-corrected chi connectivity index (χ2v) is 13.2. The third-order valence-electron chi connectivity index (χ3n) is 8.05. The third-order valence-corrected chi connectivity index (χ3v) is 10.7. The third kappa shape index (κ3) is 3.20. The molecule has 0 fully saturated rings. The summed E-state index contributed by atoms with van der Waals surface area (Å²) in [4.78, 5) is 4.94. The van der Waals surface area contributed by atoms with Crippen LogP contribution in [0, 0.1) is 34.6 Å². The molecule has 0 bridgehead atoms. The van der Waals surface area contributed by atoms with E-state index in [9.17, 15) is 0 Å². The number of aryl methyl sites for hydroxylation is 5. The van der Waals surface area contributed by atoms with Crippen molar-refractivity contribution in [1.82, 2.24) is 0 Å². The number of nitrogens with zero attached hydrogens (tertiary/aromatic N) is 2. The summed E-state index contributed by atoms with van der Waals surface area (Å²) in [7, 11) is -0.796. The molecule has 4 heteroatoms. The first-order chi connectivity index (χ1) is 18.9. The Balaban J connectivity index is 1.52. The zero-order valence-electron chi connectivity index (χ0n) is 22.8. The van der Waals surface area contributed by atoms with Gasteiger partial charge >= 0.3 is 0 Å². The topological polar surface area (TPSA) is 15.7 Å². The Morgan fingerprint density at radius 3 is 1.21 bits per heavy atom. The Labute approximate surface area is 231 Å². The summed E-state index contributed by atoms with van der Waals surface area (Å²) in [5.41, 5.74) is 13.6. The zero-order chi connectivity index (χ0) is 26.6. The largest absolute Gasteiger partial charge is 0.456 e. The van der Waals surface area contributed by atoms with E-state index in [1.54, 1.807) is 0 Å². The van der Waals surface area contributed by atoms with Crippen LogP contribution in [-0.2, 0) is 0 Å². The van der Waals surface area contributed by atoms with Crippen LogP contribution in [0.15, 0.2) is 84.9 Å². The van der Waals surface area contributed by atoms with E-state index in [2.05, 4.69) is 129 Å². The zero-order valence-corrected chi connectivity index (χ0v) is 23.7. The smallest absolute Gasteiger partial charge is 0.138 e. The fourth-order valence-electron chi connectivity index (χ4n) is 6.37. The van der Waals surface area contributed by atoms with Gasteiger partial charge in [-0.2, -0.15) is 0 Å². The van der Waals surface area contributed by atoms with E-state index in [-0.39, 0.29) is 0 Å². The van der Waals surface area contributed by atoms with E-state index in [1.807, 2.05) is 0 Å². The molecule has 5 aromatic carbocycles. The molecule has 0 saturated carbocycles. The van der Waals surface area contributed by atoms with Gasteiger partial charge in [0.25, 0.3) is 0 Å². The van der Waals surface area contributed by atoms with E-state index in [4.69, 9.17) is 4.74 Å². The van der Waals surface area contributed by atoms with Gasteiger partial charge in [0.15, 0.2) is 0 Å². The minimum Gasteiger partial charge on any atom is -0.456 e. The normalized spacial score (nSPS) is 14.3. The van der Waals surface area contributed by atoms with Crippen molar-refractivity contribution < 1.29 is 4.74 Å². The van der Waals surface area contributed by atoms with Gasteiger partial charge in [-0.05, 0) is 112 Å². The quantitative estimate of drug-likeness (QED) is 0.211. The van der Waals surface area contributed by atoms with Crippen molar-refractivity contribution in [1.29, 1.82) is 0 Å². The van der Waals surface area contributed by atoms with Gasteiger partial charge in [0.05, 0.1) is 33.4 Å². The average Bonchev–Trinajstić information content (AvgIpc) is 2.89. The minimum atomic E-state index is -0.796. The predicted octanol–water partition coefficient (Wildman–Crippen LogP) is 8.66. The fraction of sp³-hybridized carbons (Fsp3) is 0.143. The highest BCUT2D eigenvalue weighted by atomic mass is 31.1. The number of rotatable bonds is 2. The van der Waals surface area contributed by atoms with Crippen LogP contribution in [0.3, 0.4) is 0 Å². The molecule has 0 aromatic heterocycles. The molecule has 0 unspecified atom stereocenters. The summed E-state index contributed by atoms with van der Waals surface area (Å²) < 4.78 is 6.80.